The molecule has 0 N–H and O–H groups in total. The summed E-state index contributed by atoms with van der Waals surface area (Å²) in [5.41, 5.74) is 0.538. The minimum atomic E-state index is -0.0532. The van der Waals surface area contributed by atoms with Gasteiger partial charge in [-0.2, -0.15) is 0 Å². The van der Waals surface area contributed by atoms with E-state index in [9.17, 15) is 9.59 Å². The Bertz CT molecular complexity index is 876. The van der Waals surface area contributed by atoms with Gasteiger partial charge in [0.05, 0.1) is 16.7 Å². The van der Waals surface area contributed by atoms with Gasteiger partial charge in [-0.05, 0) is 37.5 Å². The molecule has 1 aromatic carbocycles. The zero-order valence-corrected chi connectivity index (χ0v) is 18.0. The van der Waals surface area contributed by atoms with E-state index in [1.807, 2.05) is 4.90 Å². The molecule has 1 saturated heterocycles. The third-order valence-electron chi connectivity index (χ3n) is 5.15. The summed E-state index contributed by atoms with van der Waals surface area (Å²) in [6, 6.07) is 5.18. The Morgan fingerprint density at radius 1 is 1.18 bits per heavy atom. The lowest BCUT2D eigenvalue weighted by Gasteiger charge is -2.20. The van der Waals surface area contributed by atoms with E-state index in [2.05, 4.69) is 11.9 Å². The van der Waals surface area contributed by atoms with E-state index in [0.717, 1.165) is 45.2 Å². The van der Waals surface area contributed by atoms with Crippen molar-refractivity contribution in [2.75, 3.05) is 18.8 Å². The minimum absolute atomic E-state index is 0.0532. The average molecular weight is 422 g/mol. The molecule has 1 aromatic heterocycles. The summed E-state index contributed by atoms with van der Waals surface area (Å²) in [5, 5.41) is 1.74. The van der Waals surface area contributed by atoms with Gasteiger partial charge in [0.1, 0.15) is 0 Å². The lowest BCUT2D eigenvalue weighted by atomic mass is 10.2. The van der Waals surface area contributed by atoms with E-state index in [1.54, 1.807) is 22.8 Å². The molecule has 0 radical (unpaired) electrons. The quantitative estimate of drug-likeness (QED) is 0.368. The molecule has 0 unspecified atom stereocenters. The molecule has 152 valence electrons. The molecule has 1 aliphatic rings. The Balaban J connectivity index is 1.83. The van der Waals surface area contributed by atoms with Crippen LogP contribution in [0.3, 0.4) is 0 Å². The molecule has 1 aliphatic heterocycles. The maximum atomic E-state index is 13.0. The van der Waals surface area contributed by atoms with Crippen molar-refractivity contribution in [3.63, 3.8) is 0 Å². The number of rotatable bonds is 7. The summed E-state index contributed by atoms with van der Waals surface area (Å²) in [6.45, 7) is 4.43. The van der Waals surface area contributed by atoms with Crippen LogP contribution in [-0.2, 0) is 11.3 Å². The summed E-state index contributed by atoms with van der Waals surface area (Å²) < 4.78 is 1.73. The number of carbonyl (C=O) groups is 1. The predicted octanol–water partition coefficient (Wildman–Crippen LogP) is 4.73. The van der Waals surface area contributed by atoms with Gasteiger partial charge >= 0.3 is 0 Å². The average Bonchev–Trinajstić information content (AvgIpc) is 2.97. The van der Waals surface area contributed by atoms with Gasteiger partial charge in [0.2, 0.25) is 5.91 Å². The smallest absolute Gasteiger partial charge is 0.262 e. The van der Waals surface area contributed by atoms with Gasteiger partial charge in [-0.1, -0.05) is 56.0 Å². The van der Waals surface area contributed by atoms with Crippen molar-refractivity contribution < 1.29 is 4.79 Å². The molecular formula is C21H28ClN3O2S. The van der Waals surface area contributed by atoms with Crippen molar-refractivity contribution in [2.45, 2.75) is 63.6 Å². The van der Waals surface area contributed by atoms with E-state index in [-0.39, 0.29) is 11.5 Å². The van der Waals surface area contributed by atoms with Gasteiger partial charge in [-0.25, -0.2) is 4.98 Å². The van der Waals surface area contributed by atoms with E-state index < -0.39 is 0 Å². The molecule has 2 heterocycles. The first kappa shape index (κ1) is 21.2. The second-order valence-corrected chi connectivity index (χ2v) is 8.68. The fraction of sp³-hybridized carbons (Fsp3) is 0.571. The van der Waals surface area contributed by atoms with Crippen molar-refractivity contribution >= 4 is 40.2 Å². The summed E-state index contributed by atoms with van der Waals surface area (Å²) in [6.07, 6.45) is 7.60. The number of hydrogen-bond donors (Lipinski definition) is 0. The van der Waals surface area contributed by atoms with Gasteiger partial charge in [-0.15, -0.1) is 0 Å². The molecule has 0 atom stereocenters. The summed E-state index contributed by atoms with van der Waals surface area (Å²) in [5.74, 6) is 0.444. The number of aromatic nitrogens is 2. The Morgan fingerprint density at radius 2 is 1.93 bits per heavy atom. The number of hydrogen-bond acceptors (Lipinski definition) is 4. The van der Waals surface area contributed by atoms with Crippen LogP contribution in [0.4, 0.5) is 0 Å². The van der Waals surface area contributed by atoms with E-state index in [1.165, 1.54) is 24.6 Å². The molecule has 0 aliphatic carbocycles. The number of nitrogens with zero attached hydrogens (tertiary/aromatic N) is 3. The molecule has 0 saturated carbocycles. The maximum absolute atomic E-state index is 13.0. The van der Waals surface area contributed by atoms with Crippen LogP contribution in [0.5, 0.6) is 0 Å². The number of carbonyl (C=O) groups excluding carboxylic acids is 1. The number of halogens is 1. The topological polar surface area (TPSA) is 55.2 Å². The Kier molecular flexibility index (Phi) is 7.80. The standard InChI is InChI=1S/C21H28ClN3O2S/c1-2-3-6-13-25-20(27)17-10-9-16(22)14-18(17)23-21(25)28-15-19(26)24-11-7-4-5-8-12-24/h9-10,14H,2-8,11-13,15H2,1H3. The highest BCUT2D eigenvalue weighted by atomic mass is 35.5. The zero-order valence-electron chi connectivity index (χ0n) is 16.5. The maximum Gasteiger partial charge on any atom is 0.262 e. The number of likely N-dealkylation sites (tertiary alicyclic amines) is 1. The van der Waals surface area contributed by atoms with Crippen LogP contribution in [0.15, 0.2) is 28.2 Å². The number of amides is 1. The molecule has 0 bridgehead atoms. The summed E-state index contributed by atoms with van der Waals surface area (Å²) >= 11 is 7.46. The number of fused-ring (bicyclic) bond motifs is 1. The van der Waals surface area contributed by atoms with Gasteiger partial charge in [0.15, 0.2) is 5.16 Å². The monoisotopic (exact) mass is 421 g/mol. The van der Waals surface area contributed by atoms with Crippen molar-refractivity contribution in [2.24, 2.45) is 0 Å². The largest absolute Gasteiger partial charge is 0.342 e. The van der Waals surface area contributed by atoms with E-state index >= 15 is 0 Å². The third kappa shape index (κ3) is 5.29. The lowest BCUT2D eigenvalue weighted by molar-refractivity contribution is -0.128. The highest BCUT2D eigenvalue weighted by molar-refractivity contribution is 7.99. The van der Waals surface area contributed by atoms with Crippen LogP contribution in [0, 0.1) is 0 Å². The second-order valence-electron chi connectivity index (χ2n) is 7.30. The summed E-state index contributed by atoms with van der Waals surface area (Å²) in [7, 11) is 0. The van der Waals surface area contributed by atoms with Gasteiger partial charge in [0.25, 0.3) is 5.56 Å². The molecule has 28 heavy (non-hydrogen) atoms. The van der Waals surface area contributed by atoms with Crippen LogP contribution in [0.2, 0.25) is 5.02 Å². The fourth-order valence-electron chi connectivity index (χ4n) is 3.54. The third-order valence-corrected chi connectivity index (χ3v) is 6.35. The van der Waals surface area contributed by atoms with Crippen molar-refractivity contribution in [3.8, 4) is 0 Å². The molecule has 5 nitrogen and oxygen atoms in total. The lowest BCUT2D eigenvalue weighted by Crippen LogP contribution is -2.33. The normalized spacial score (nSPS) is 15.0. The first-order valence-corrected chi connectivity index (χ1v) is 11.6. The number of thioether (sulfide) groups is 1. The van der Waals surface area contributed by atoms with E-state index in [4.69, 9.17) is 11.6 Å². The van der Waals surface area contributed by atoms with Crippen molar-refractivity contribution in [1.29, 1.82) is 0 Å². The molecule has 7 heteroatoms. The van der Waals surface area contributed by atoms with E-state index in [0.29, 0.717) is 33.4 Å². The minimum Gasteiger partial charge on any atom is -0.342 e. The Morgan fingerprint density at radius 3 is 2.64 bits per heavy atom. The predicted molar refractivity (Wildman–Crippen MR) is 116 cm³/mol. The zero-order chi connectivity index (χ0) is 19.9. The SMILES string of the molecule is CCCCCn1c(SCC(=O)N2CCCCCC2)nc2cc(Cl)ccc2c1=O. The van der Waals surface area contributed by atoms with Crippen molar-refractivity contribution in [3.05, 3.63) is 33.6 Å². The first-order valence-electron chi connectivity index (χ1n) is 10.2. The van der Waals surface area contributed by atoms with Crippen molar-refractivity contribution in [1.82, 2.24) is 14.5 Å². The Hall–Kier alpha value is -1.53. The van der Waals surface area contributed by atoms with Crippen LogP contribution >= 0.6 is 23.4 Å². The van der Waals surface area contributed by atoms with Crippen LogP contribution in [0.1, 0.15) is 51.9 Å². The number of unbranched alkanes of at least 4 members (excludes halogenated alkanes) is 2. The van der Waals surface area contributed by atoms with Crippen LogP contribution in [0.25, 0.3) is 10.9 Å². The van der Waals surface area contributed by atoms with Crippen LogP contribution in [-0.4, -0.2) is 39.2 Å². The fourth-order valence-corrected chi connectivity index (χ4v) is 4.63. The molecule has 0 spiro atoms. The molecule has 1 fully saturated rings. The van der Waals surface area contributed by atoms with Gasteiger partial charge in [0, 0.05) is 24.7 Å². The first-order chi connectivity index (χ1) is 13.6. The Labute approximate surface area is 175 Å². The van der Waals surface area contributed by atoms with Gasteiger partial charge < -0.3 is 4.90 Å². The molecule has 1 amide bonds. The highest BCUT2D eigenvalue weighted by Gasteiger charge is 2.18. The molecular weight excluding hydrogens is 394 g/mol. The van der Waals surface area contributed by atoms with Crippen LogP contribution < -0.4 is 5.56 Å². The molecule has 3 rings (SSSR count). The second kappa shape index (κ2) is 10.3. The highest BCUT2D eigenvalue weighted by Crippen LogP contribution is 2.22. The molecule has 2 aromatic rings. The number of benzene rings is 1. The summed E-state index contributed by atoms with van der Waals surface area (Å²) in [4.78, 5) is 32.3. The van der Waals surface area contributed by atoms with Gasteiger partial charge in [-0.3, -0.25) is 14.2 Å².